The summed E-state index contributed by atoms with van der Waals surface area (Å²) in [5.41, 5.74) is 2.08. The summed E-state index contributed by atoms with van der Waals surface area (Å²) in [6.45, 7) is 9.95. The normalized spacial score (nSPS) is 22.1. The molecule has 4 rings (SSSR count). The maximum absolute atomic E-state index is 5.56. The van der Waals surface area contributed by atoms with Crippen LogP contribution in [0.3, 0.4) is 0 Å². The van der Waals surface area contributed by atoms with Crippen LogP contribution in [-0.4, -0.2) is 60.6 Å². The minimum Gasteiger partial charge on any atom is -0.381 e. The molecular formula is C18H22N6O. The van der Waals surface area contributed by atoms with Crippen LogP contribution in [-0.2, 0) is 4.74 Å². The Morgan fingerprint density at radius 3 is 3.04 bits per heavy atom. The van der Waals surface area contributed by atoms with E-state index < -0.39 is 0 Å². The number of nitrogens with zero attached hydrogens (tertiary/aromatic N) is 6. The number of aliphatic imine (C=N–C) groups is 2. The van der Waals surface area contributed by atoms with Crippen molar-refractivity contribution in [3.05, 3.63) is 36.2 Å². The van der Waals surface area contributed by atoms with Gasteiger partial charge in [-0.25, -0.2) is 9.97 Å². The van der Waals surface area contributed by atoms with E-state index in [4.69, 9.17) is 9.72 Å². The van der Waals surface area contributed by atoms with E-state index >= 15 is 0 Å². The van der Waals surface area contributed by atoms with E-state index in [0.717, 1.165) is 49.9 Å². The molecule has 7 nitrogen and oxygen atoms in total. The second-order valence-corrected chi connectivity index (χ2v) is 6.83. The van der Waals surface area contributed by atoms with Crippen LogP contribution in [0, 0.1) is 5.41 Å². The third-order valence-corrected chi connectivity index (χ3v) is 4.87. The lowest BCUT2D eigenvalue weighted by atomic mass is 9.79. The minimum absolute atomic E-state index is 0.329. The Hall–Kier alpha value is -2.54. The number of anilines is 1. The third kappa shape index (κ3) is 3.07. The topological polar surface area (TPSA) is 66.2 Å². The summed E-state index contributed by atoms with van der Waals surface area (Å²) in [6.07, 6.45) is 8.49. The second kappa shape index (κ2) is 6.40. The van der Waals surface area contributed by atoms with Crippen molar-refractivity contribution in [2.75, 3.05) is 37.7 Å². The zero-order valence-corrected chi connectivity index (χ0v) is 14.4. The van der Waals surface area contributed by atoms with Crippen LogP contribution in [0.25, 0.3) is 5.70 Å². The fourth-order valence-electron chi connectivity index (χ4n) is 3.57. The first kappa shape index (κ1) is 16.0. The molecule has 7 heteroatoms. The molecule has 0 atom stereocenters. The molecule has 2 saturated heterocycles. The molecule has 0 amide bonds. The zero-order chi connectivity index (χ0) is 17.3. The average Bonchev–Trinajstić information content (AvgIpc) is 3.09. The van der Waals surface area contributed by atoms with E-state index in [1.807, 2.05) is 30.3 Å². The number of hydrogen-bond acceptors (Lipinski definition) is 7. The molecule has 4 heterocycles. The molecule has 25 heavy (non-hydrogen) atoms. The summed E-state index contributed by atoms with van der Waals surface area (Å²) >= 11 is 0. The maximum atomic E-state index is 5.56. The number of hydrogen-bond donors (Lipinski definition) is 0. The first-order valence-electron chi connectivity index (χ1n) is 8.49. The molecule has 3 aliphatic heterocycles. The van der Waals surface area contributed by atoms with E-state index in [9.17, 15) is 0 Å². The van der Waals surface area contributed by atoms with Crippen LogP contribution in [0.4, 0.5) is 5.82 Å². The van der Waals surface area contributed by atoms with Gasteiger partial charge in [-0.1, -0.05) is 0 Å². The van der Waals surface area contributed by atoms with Crippen molar-refractivity contribution in [1.29, 1.82) is 0 Å². The molecule has 0 radical (unpaired) electrons. The van der Waals surface area contributed by atoms with E-state index in [0.29, 0.717) is 17.8 Å². The predicted octanol–water partition coefficient (Wildman–Crippen LogP) is 1.95. The van der Waals surface area contributed by atoms with Crippen molar-refractivity contribution in [3.63, 3.8) is 0 Å². The zero-order valence-electron chi connectivity index (χ0n) is 14.4. The van der Waals surface area contributed by atoms with Gasteiger partial charge in [-0.2, -0.15) is 0 Å². The first-order valence-corrected chi connectivity index (χ1v) is 8.49. The molecule has 130 valence electrons. The van der Waals surface area contributed by atoms with Crippen molar-refractivity contribution in [3.8, 4) is 0 Å². The van der Waals surface area contributed by atoms with Crippen molar-refractivity contribution in [2.24, 2.45) is 15.4 Å². The van der Waals surface area contributed by atoms with Gasteiger partial charge in [0, 0.05) is 43.7 Å². The van der Waals surface area contributed by atoms with E-state index in [-0.39, 0.29) is 0 Å². The minimum atomic E-state index is 0.329. The smallest absolute Gasteiger partial charge is 0.179 e. The lowest BCUT2D eigenvalue weighted by molar-refractivity contribution is 0.131. The molecule has 2 fully saturated rings. The van der Waals surface area contributed by atoms with E-state index in [2.05, 4.69) is 26.6 Å². The van der Waals surface area contributed by atoms with Gasteiger partial charge in [0.2, 0.25) is 0 Å². The molecule has 0 aliphatic carbocycles. The van der Waals surface area contributed by atoms with Crippen LogP contribution < -0.4 is 4.90 Å². The van der Waals surface area contributed by atoms with Gasteiger partial charge in [0.05, 0.1) is 25.0 Å². The highest BCUT2D eigenvalue weighted by atomic mass is 16.5. The largest absolute Gasteiger partial charge is 0.381 e. The van der Waals surface area contributed by atoms with Gasteiger partial charge in [-0.15, -0.1) is 0 Å². The number of aromatic nitrogens is 2. The van der Waals surface area contributed by atoms with Crippen LogP contribution in [0.15, 0.2) is 40.3 Å². The molecule has 0 aromatic carbocycles. The number of allylic oxidation sites excluding steroid dienone is 1. The number of ether oxygens (including phenoxy) is 1. The van der Waals surface area contributed by atoms with Gasteiger partial charge in [0.1, 0.15) is 11.5 Å². The van der Waals surface area contributed by atoms with E-state index in [1.165, 1.54) is 0 Å². The Bertz CT molecular complexity index is 755. The highest BCUT2D eigenvalue weighted by molar-refractivity contribution is 5.70. The molecule has 1 aromatic rings. The SMILES string of the molecule is C=N/C=C(/c1nccc(N2CC3(CCOC3)C2)n1)N1C=C(C)N=CC1. The Balaban J connectivity index is 1.56. The first-order chi connectivity index (χ1) is 12.2. The molecule has 3 aliphatic rings. The lowest BCUT2D eigenvalue weighted by Gasteiger charge is -2.47. The van der Waals surface area contributed by atoms with Gasteiger partial charge in [0.25, 0.3) is 0 Å². The summed E-state index contributed by atoms with van der Waals surface area (Å²) in [5, 5.41) is 0. The fourth-order valence-corrected chi connectivity index (χ4v) is 3.57. The highest BCUT2D eigenvalue weighted by Crippen LogP contribution is 2.40. The van der Waals surface area contributed by atoms with Crippen molar-refractivity contribution >= 4 is 24.4 Å². The molecular weight excluding hydrogens is 316 g/mol. The van der Waals surface area contributed by atoms with Crippen molar-refractivity contribution < 1.29 is 4.74 Å². The molecule has 1 spiro atoms. The molecule has 0 unspecified atom stereocenters. The quantitative estimate of drug-likeness (QED) is 0.785. The molecule has 0 N–H and O–H groups in total. The van der Waals surface area contributed by atoms with Crippen LogP contribution in [0.2, 0.25) is 0 Å². The average molecular weight is 338 g/mol. The third-order valence-electron chi connectivity index (χ3n) is 4.87. The lowest BCUT2D eigenvalue weighted by Crippen LogP contribution is -2.57. The second-order valence-electron chi connectivity index (χ2n) is 6.83. The van der Waals surface area contributed by atoms with Gasteiger partial charge in [-0.3, -0.25) is 9.98 Å². The van der Waals surface area contributed by atoms with Crippen LogP contribution >= 0.6 is 0 Å². The Morgan fingerprint density at radius 1 is 1.44 bits per heavy atom. The van der Waals surface area contributed by atoms with Gasteiger partial charge >= 0.3 is 0 Å². The standard InChI is InChI=1S/C18H22N6O/c1-14-10-23(7-6-20-14)15(9-19-2)17-21-5-3-16(22-17)24-11-18(12-24)4-8-25-13-18/h3,5-6,9-10H,2,4,7-8,11-13H2,1H3/b15-9-. The predicted molar refractivity (Wildman–Crippen MR) is 98.6 cm³/mol. The summed E-state index contributed by atoms with van der Waals surface area (Å²) < 4.78 is 5.56. The summed E-state index contributed by atoms with van der Waals surface area (Å²) in [5.74, 6) is 1.59. The van der Waals surface area contributed by atoms with Crippen LogP contribution in [0.5, 0.6) is 0 Å². The Labute approximate surface area is 147 Å². The van der Waals surface area contributed by atoms with Gasteiger partial charge in [0.15, 0.2) is 5.82 Å². The van der Waals surface area contributed by atoms with Gasteiger partial charge in [-0.05, 0) is 26.1 Å². The summed E-state index contributed by atoms with van der Waals surface area (Å²) in [6, 6.07) is 1.96. The Kier molecular flexibility index (Phi) is 4.09. The maximum Gasteiger partial charge on any atom is 0.179 e. The summed E-state index contributed by atoms with van der Waals surface area (Å²) in [4.78, 5) is 21.8. The Morgan fingerprint density at radius 2 is 2.32 bits per heavy atom. The van der Waals surface area contributed by atoms with Gasteiger partial charge < -0.3 is 14.5 Å². The molecule has 0 bridgehead atoms. The molecule has 1 aromatic heterocycles. The fraction of sp³-hybridized carbons (Fsp3) is 0.444. The van der Waals surface area contributed by atoms with Crippen molar-refractivity contribution in [1.82, 2.24) is 14.9 Å². The highest BCUT2D eigenvalue weighted by Gasteiger charge is 2.46. The van der Waals surface area contributed by atoms with Crippen molar-refractivity contribution in [2.45, 2.75) is 13.3 Å². The van der Waals surface area contributed by atoms with Crippen LogP contribution in [0.1, 0.15) is 19.2 Å². The monoisotopic (exact) mass is 338 g/mol. The number of rotatable bonds is 4. The van der Waals surface area contributed by atoms with E-state index in [1.54, 1.807) is 12.4 Å². The summed E-state index contributed by atoms with van der Waals surface area (Å²) in [7, 11) is 0. The molecule has 0 saturated carbocycles.